The number of aromatic nitrogens is 3. The first kappa shape index (κ1) is 52.8. The zero-order chi connectivity index (χ0) is 52.1. The van der Waals surface area contributed by atoms with Crippen LogP contribution in [0.3, 0.4) is 0 Å². The van der Waals surface area contributed by atoms with Gasteiger partial charge in [-0.15, -0.1) is 32.9 Å². The van der Waals surface area contributed by atoms with E-state index in [1.165, 1.54) is 20.2 Å². The van der Waals surface area contributed by atoms with Crippen LogP contribution in [0.25, 0.3) is 15.4 Å². The van der Waals surface area contributed by atoms with E-state index in [0.29, 0.717) is 24.6 Å². The van der Waals surface area contributed by atoms with E-state index in [2.05, 4.69) is 94.1 Å². The number of rotatable bonds is 18. The van der Waals surface area contributed by atoms with E-state index in [1.54, 1.807) is 22.7 Å². The summed E-state index contributed by atoms with van der Waals surface area (Å²) in [7, 11) is 0. The molecular weight excluding hydrogens is 961 g/mol. The van der Waals surface area contributed by atoms with Crippen LogP contribution in [0.1, 0.15) is 115 Å². The molecule has 2 aliphatic heterocycles. The number of thiophene rings is 2. The van der Waals surface area contributed by atoms with Gasteiger partial charge < -0.3 is 35.4 Å². The number of benzene rings is 3. The largest absolute Gasteiger partial charge is 0.494 e. The number of amides is 4. The number of likely N-dealkylation sites (tertiary alicyclic amines) is 1. The molecule has 384 valence electrons. The van der Waals surface area contributed by atoms with E-state index in [1.807, 2.05) is 83.1 Å². The van der Waals surface area contributed by atoms with Gasteiger partial charge in [-0.25, -0.2) is 0 Å². The quantitative estimate of drug-likeness (QED) is 0.0614. The minimum atomic E-state index is -0.968. The summed E-state index contributed by atoms with van der Waals surface area (Å²) in [4.78, 5) is 63.5. The number of aliphatic hydroxyl groups is 1. The number of hydrogen-bond acceptors (Lipinski definition) is 12. The van der Waals surface area contributed by atoms with Crippen molar-refractivity contribution in [3.63, 3.8) is 0 Å². The number of carbonyl (C=O) groups excluding carboxylic acids is 4. The molecule has 5 atom stereocenters. The van der Waals surface area contributed by atoms with Gasteiger partial charge in [-0.1, -0.05) is 87.0 Å². The van der Waals surface area contributed by atoms with E-state index >= 15 is 0 Å². The van der Waals surface area contributed by atoms with Crippen molar-refractivity contribution in [2.45, 2.75) is 118 Å². The zero-order valence-corrected chi connectivity index (χ0v) is 44.7. The highest BCUT2D eigenvalue weighted by atomic mass is 32.1. The van der Waals surface area contributed by atoms with Crippen molar-refractivity contribution in [1.29, 1.82) is 0 Å². The molecule has 8 rings (SSSR count). The predicted molar refractivity (Wildman–Crippen MR) is 285 cm³/mol. The smallest absolute Gasteiger partial charge is 0.246 e. The Labute approximate surface area is 435 Å². The van der Waals surface area contributed by atoms with Gasteiger partial charge in [-0.2, -0.15) is 0 Å². The number of aliphatic imine (C=N–C) groups is 1. The molecule has 0 spiro atoms. The number of ether oxygens (including phenoxy) is 2. The average Bonchev–Trinajstić information content (AvgIpc) is 4.13. The molecule has 4 N–H and O–H groups in total. The fourth-order valence-electron chi connectivity index (χ4n) is 9.24. The second-order valence-electron chi connectivity index (χ2n) is 20.2. The molecule has 17 heteroatoms. The Bertz CT molecular complexity index is 2970. The maximum absolute atomic E-state index is 14.1. The highest BCUT2D eigenvalue weighted by Crippen LogP contribution is 2.40. The van der Waals surface area contributed by atoms with Crippen LogP contribution in [0, 0.1) is 40.0 Å². The van der Waals surface area contributed by atoms with Crippen LogP contribution in [0.2, 0.25) is 0 Å². The van der Waals surface area contributed by atoms with E-state index in [9.17, 15) is 24.3 Å². The Kier molecular flexibility index (Phi) is 16.4. The average molecular weight is 1030 g/mol. The summed E-state index contributed by atoms with van der Waals surface area (Å²) in [5, 5.41) is 31.6. The molecule has 0 aliphatic carbocycles. The zero-order valence-electron chi connectivity index (χ0n) is 43.1. The number of aryl methyl sites for hydroxylation is 4. The molecule has 0 saturated carbocycles. The Morgan fingerprint density at radius 3 is 2.26 bits per heavy atom. The summed E-state index contributed by atoms with van der Waals surface area (Å²) in [6, 6.07) is 23.2. The van der Waals surface area contributed by atoms with E-state index in [4.69, 9.17) is 14.5 Å². The van der Waals surface area contributed by atoms with Gasteiger partial charge in [0, 0.05) is 46.8 Å². The van der Waals surface area contributed by atoms with Crippen molar-refractivity contribution in [2.24, 2.45) is 10.4 Å². The lowest BCUT2D eigenvalue weighted by Gasteiger charge is -2.35. The number of nitrogens with one attached hydrogen (secondary N) is 3. The fraction of sp³-hybridized carbons (Fsp3) is 0.411. The highest BCUT2D eigenvalue weighted by Gasteiger charge is 2.44. The fourth-order valence-corrected chi connectivity index (χ4v) is 11.4. The first-order chi connectivity index (χ1) is 34.9. The summed E-state index contributed by atoms with van der Waals surface area (Å²) < 4.78 is 13.7. The van der Waals surface area contributed by atoms with Crippen molar-refractivity contribution in [1.82, 2.24) is 35.6 Å². The highest BCUT2D eigenvalue weighted by molar-refractivity contribution is 7.15. The van der Waals surface area contributed by atoms with Crippen molar-refractivity contribution in [3.8, 4) is 21.2 Å². The van der Waals surface area contributed by atoms with Crippen LogP contribution in [0.4, 0.5) is 0 Å². The lowest BCUT2D eigenvalue weighted by Crippen LogP contribution is -2.58. The van der Waals surface area contributed by atoms with Crippen molar-refractivity contribution in [2.75, 3.05) is 26.4 Å². The standard InChI is InChI=1S/C56H66N8O7S2/c1-32-11-15-40(16-12-32)49-48-34(3)36(5)73-55(48)64-37(6)61-62-52(64)44(59-49)28-46(66)58-35(4)39-19-21-43(22-20-39)71-25-10-24-70-31-47(67)60-51(56(7,8)9)54(69)63-30-42(65)27-45(63)53(68)57-29-38-13-17-41(18-14-38)50-33(2)23-26-72-50/h11-23,26,35,42,44-45,51,65H,10,24-25,27-31H2,1-9H3,(H,57,68)(H,58,66)(H,60,67)/t35-,42?,44?,45-,51+/m0/s1. The van der Waals surface area contributed by atoms with Crippen molar-refractivity contribution in [3.05, 3.63) is 140 Å². The second-order valence-corrected chi connectivity index (χ2v) is 22.3. The van der Waals surface area contributed by atoms with Gasteiger partial charge in [0.1, 0.15) is 41.3 Å². The topological polar surface area (TPSA) is 189 Å². The molecule has 1 saturated heterocycles. The molecule has 3 aromatic carbocycles. The third-order valence-electron chi connectivity index (χ3n) is 13.5. The normalized spacial score (nSPS) is 17.2. The molecule has 3 aromatic heterocycles. The minimum Gasteiger partial charge on any atom is -0.494 e. The Morgan fingerprint density at radius 1 is 0.863 bits per heavy atom. The van der Waals surface area contributed by atoms with Crippen LogP contribution in [0.15, 0.2) is 89.2 Å². The van der Waals surface area contributed by atoms with E-state index in [-0.39, 0.29) is 57.0 Å². The van der Waals surface area contributed by atoms with Gasteiger partial charge in [-0.05, 0) is 98.4 Å². The maximum atomic E-state index is 14.1. The molecule has 4 amide bonds. The second kappa shape index (κ2) is 22.7. The molecule has 0 radical (unpaired) electrons. The Balaban J connectivity index is 0.782. The first-order valence-corrected chi connectivity index (χ1v) is 26.5. The maximum Gasteiger partial charge on any atom is 0.246 e. The molecule has 2 aliphatic rings. The number of fused-ring (bicyclic) bond motifs is 3. The lowest BCUT2D eigenvalue weighted by molar-refractivity contribution is -0.144. The van der Waals surface area contributed by atoms with Crippen LogP contribution in [-0.2, 0) is 30.5 Å². The summed E-state index contributed by atoms with van der Waals surface area (Å²) in [6.07, 6.45) is -0.188. The molecule has 0 bridgehead atoms. The van der Waals surface area contributed by atoms with Crippen LogP contribution >= 0.6 is 22.7 Å². The molecule has 15 nitrogen and oxygen atoms in total. The SMILES string of the molecule is Cc1ccc(C2=NC(CC(=O)N[C@@H](C)c3ccc(OCCCOCC(=O)N[C@H](C(=O)N4CC(O)C[C@H]4C(=O)NCc4ccc(-c5sccc5C)cc4)C(C)(C)C)cc3)c3nnc(C)n3-c3sc(C)c(C)c32)cc1. The lowest BCUT2D eigenvalue weighted by atomic mass is 9.85. The van der Waals surface area contributed by atoms with Gasteiger partial charge >= 0.3 is 0 Å². The van der Waals surface area contributed by atoms with Gasteiger partial charge in [0.15, 0.2) is 5.82 Å². The number of β-amino-alcohol motifs (C(OH)–C–C–N with tert-alkyl or cyclic N) is 1. The number of aliphatic hydroxyl groups excluding tert-OH is 1. The van der Waals surface area contributed by atoms with Crippen molar-refractivity contribution < 1.29 is 33.8 Å². The van der Waals surface area contributed by atoms with Gasteiger partial charge in [0.05, 0.1) is 37.5 Å². The Hall–Kier alpha value is -6.53. The summed E-state index contributed by atoms with van der Waals surface area (Å²) in [6.45, 7) is 18.3. The van der Waals surface area contributed by atoms with Crippen molar-refractivity contribution >= 4 is 52.0 Å². The minimum absolute atomic E-state index is 0.0151. The Morgan fingerprint density at radius 2 is 1.58 bits per heavy atom. The third kappa shape index (κ3) is 12.3. The summed E-state index contributed by atoms with van der Waals surface area (Å²) >= 11 is 3.37. The van der Waals surface area contributed by atoms with Crippen LogP contribution < -0.4 is 20.7 Å². The molecule has 6 aromatic rings. The first-order valence-electron chi connectivity index (χ1n) is 24.8. The van der Waals surface area contributed by atoms with Crippen LogP contribution in [0.5, 0.6) is 5.75 Å². The van der Waals surface area contributed by atoms with E-state index in [0.717, 1.165) is 55.5 Å². The molecule has 73 heavy (non-hydrogen) atoms. The number of hydrogen-bond donors (Lipinski definition) is 4. The van der Waals surface area contributed by atoms with Gasteiger partial charge in [-0.3, -0.25) is 28.7 Å². The summed E-state index contributed by atoms with van der Waals surface area (Å²) in [5.74, 6) is 0.588. The third-order valence-corrected chi connectivity index (χ3v) is 15.7. The molecule has 5 heterocycles. The molecular formula is C56H66N8O7S2. The monoisotopic (exact) mass is 1030 g/mol. The van der Waals surface area contributed by atoms with Crippen LogP contribution in [-0.4, -0.2) is 98.7 Å². The summed E-state index contributed by atoms with van der Waals surface area (Å²) in [5.41, 5.74) is 8.61. The van der Waals surface area contributed by atoms with Gasteiger partial charge in [0.2, 0.25) is 23.6 Å². The number of nitrogens with zero attached hydrogens (tertiary/aromatic N) is 5. The molecule has 1 fully saturated rings. The molecule has 2 unspecified atom stereocenters. The predicted octanol–water partition coefficient (Wildman–Crippen LogP) is 8.35. The number of carbonyl (C=O) groups is 4. The van der Waals surface area contributed by atoms with Gasteiger partial charge in [0.25, 0.3) is 0 Å². The van der Waals surface area contributed by atoms with E-state index < -0.39 is 41.5 Å².